The van der Waals surface area contributed by atoms with E-state index < -0.39 is 23.6 Å². The molecule has 4 rings (SSSR count). The molecule has 3 heterocycles. The SMILES string of the molecule is CCn1c(COc2nc(N)nc(-c3ccc(F)cc3)c2-c2cc(C)nc(C(F)F)c2)n[nH]c1=O. The average Bonchev–Trinajstić information content (AvgIpc) is 3.16. The fourth-order valence-electron chi connectivity index (χ4n) is 3.51. The predicted octanol–water partition coefficient (Wildman–Crippen LogP) is 3.66. The molecule has 34 heavy (non-hydrogen) atoms. The van der Waals surface area contributed by atoms with Gasteiger partial charge in [-0.3, -0.25) is 9.55 Å². The highest BCUT2D eigenvalue weighted by Crippen LogP contribution is 2.39. The molecule has 1 aromatic carbocycles. The molecule has 0 aliphatic heterocycles. The lowest BCUT2D eigenvalue weighted by molar-refractivity contribution is 0.146. The summed E-state index contributed by atoms with van der Waals surface area (Å²) >= 11 is 0. The quantitative estimate of drug-likeness (QED) is 0.421. The third-order valence-corrected chi connectivity index (χ3v) is 4.99. The Hall–Kier alpha value is -4.22. The number of nitrogens with two attached hydrogens (primary N) is 1. The van der Waals surface area contributed by atoms with Crippen molar-refractivity contribution in [2.24, 2.45) is 0 Å². The van der Waals surface area contributed by atoms with Crippen LogP contribution in [0.4, 0.5) is 19.1 Å². The summed E-state index contributed by atoms with van der Waals surface area (Å²) in [5.74, 6) is -0.318. The number of pyridine rings is 1. The van der Waals surface area contributed by atoms with Gasteiger partial charge in [-0.1, -0.05) is 0 Å². The topological polar surface area (TPSA) is 125 Å². The molecule has 12 heteroatoms. The molecule has 3 aromatic heterocycles. The van der Waals surface area contributed by atoms with Crippen molar-refractivity contribution in [1.29, 1.82) is 0 Å². The van der Waals surface area contributed by atoms with E-state index in [1.54, 1.807) is 19.9 Å². The van der Waals surface area contributed by atoms with Crippen LogP contribution in [0.25, 0.3) is 22.4 Å². The first kappa shape index (κ1) is 23.0. The Labute approximate surface area is 191 Å². The lowest BCUT2D eigenvalue weighted by Gasteiger charge is -2.16. The summed E-state index contributed by atoms with van der Waals surface area (Å²) in [5.41, 5.74) is 6.72. The summed E-state index contributed by atoms with van der Waals surface area (Å²) in [4.78, 5) is 24.2. The van der Waals surface area contributed by atoms with Gasteiger partial charge in [0.05, 0.1) is 11.3 Å². The fraction of sp³-hybridized carbons (Fsp3) is 0.227. The lowest BCUT2D eigenvalue weighted by Crippen LogP contribution is -2.18. The molecule has 0 bridgehead atoms. The third-order valence-electron chi connectivity index (χ3n) is 4.99. The number of rotatable bonds is 7. The van der Waals surface area contributed by atoms with Gasteiger partial charge in [0.2, 0.25) is 11.8 Å². The van der Waals surface area contributed by atoms with E-state index in [0.717, 1.165) is 0 Å². The van der Waals surface area contributed by atoms with Crippen LogP contribution in [0.1, 0.15) is 30.6 Å². The summed E-state index contributed by atoms with van der Waals surface area (Å²) in [6.07, 6.45) is -2.81. The molecule has 176 valence electrons. The molecular formula is C22H20F3N7O2. The highest BCUT2D eigenvalue weighted by Gasteiger charge is 2.22. The standard InChI is InChI=1S/C22H20F3N7O2/c1-3-32-16(30-31-22(32)33)10-34-20-17(13-8-11(2)27-15(9-13)19(24)25)18(28-21(26)29-20)12-4-6-14(23)7-5-12/h4-9,19H,3,10H2,1-2H3,(H,31,33)(H2,26,28,29). The number of nitrogen functional groups attached to an aromatic ring is 1. The van der Waals surface area contributed by atoms with E-state index in [2.05, 4.69) is 25.1 Å². The molecule has 3 N–H and O–H groups in total. The Kier molecular flexibility index (Phi) is 6.30. The number of nitrogens with one attached hydrogen (secondary N) is 1. The van der Waals surface area contributed by atoms with Gasteiger partial charge < -0.3 is 10.5 Å². The van der Waals surface area contributed by atoms with Crippen LogP contribution in [0.5, 0.6) is 5.88 Å². The van der Waals surface area contributed by atoms with E-state index in [1.807, 2.05) is 0 Å². The normalized spacial score (nSPS) is 11.2. The Morgan fingerprint density at radius 3 is 2.53 bits per heavy atom. The smallest absolute Gasteiger partial charge is 0.343 e. The third kappa shape index (κ3) is 4.60. The van der Waals surface area contributed by atoms with Gasteiger partial charge in [-0.05, 0) is 55.8 Å². The van der Waals surface area contributed by atoms with Crippen molar-refractivity contribution in [3.8, 4) is 28.3 Å². The molecule has 0 radical (unpaired) electrons. The van der Waals surface area contributed by atoms with Crippen molar-refractivity contribution in [2.45, 2.75) is 33.4 Å². The summed E-state index contributed by atoms with van der Waals surface area (Å²) in [6.45, 7) is 3.54. The second-order valence-corrected chi connectivity index (χ2v) is 7.32. The van der Waals surface area contributed by atoms with Gasteiger partial charge in [0.25, 0.3) is 6.43 Å². The maximum atomic E-state index is 13.5. The summed E-state index contributed by atoms with van der Waals surface area (Å²) in [6, 6.07) is 8.23. The number of nitrogens with zero attached hydrogens (tertiary/aromatic N) is 5. The van der Waals surface area contributed by atoms with E-state index >= 15 is 0 Å². The number of ether oxygens (including phenoxy) is 1. The highest BCUT2D eigenvalue weighted by molar-refractivity contribution is 5.85. The molecule has 0 unspecified atom stereocenters. The van der Waals surface area contributed by atoms with Crippen LogP contribution >= 0.6 is 0 Å². The first-order valence-corrected chi connectivity index (χ1v) is 10.2. The Morgan fingerprint density at radius 1 is 1.12 bits per heavy atom. The number of aromatic amines is 1. The predicted molar refractivity (Wildman–Crippen MR) is 118 cm³/mol. The Bertz CT molecular complexity index is 1380. The zero-order valence-electron chi connectivity index (χ0n) is 18.2. The maximum Gasteiger partial charge on any atom is 0.343 e. The van der Waals surface area contributed by atoms with E-state index in [0.29, 0.717) is 29.2 Å². The average molecular weight is 471 g/mol. The molecule has 0 saturated heterocycles. The van der Waals surface area contributed by atoms with E-state index in [4.69, 9.17) is 10.5 Å². The zero-order valence-corrected chi connectivity index (χ0v) is 18.2. The van der Waals surface area contributed by atoms with Crippen LogP contribution in [-0.4, -0.2) is 29.7 Å². The number of hydrogen-bond donors (Lipinski definition) is 2. The van der Waals surface area contributed by atoms with Crippen LogP contribution in [-0.2, 0) is 13.2 Å². The lowest BCUT2D eigenvalue weighted by atomic mass is 9.99. The molecule has 0 spiro atoms. The first-order chi connectivity index (χ1) is 16.3. The number of aromatic nitrogens is 6. The minimum Gasteiger partial charge on any atom is -0.469 e. The summed E-state index contributed by atoms with van der Waals surface area (Å²) < 4.78 is 47.8. The zero-order chi connectivity index (χ0) is 24.4. The van der Waals surface area contributed by atoms with Crippen LogP contribution in [0.15, 0.2) is 41.2 Å². The molecular weight excluding hydrogens is 451 g/mol. The largest absolute Gasteiger partial charge is 0.469 e. The minimum absolute atomic E-state index is 0.0178. The molecule has 9 nitrogen and oxygen atoms in total. The van der Waals surface area contributed by atoms with Gasteiger partial charge in [-0.2, -0.15) is 10.1 Å². The number of halogens is 3. The second-order valence-electron chi connectivity index (χ2n) is 7.32. The molecule has 0 aliphatic carbocycles. The van der Waals surface area contributed by atoms with Crippen molar-refractivity contribution in [3.63, 3.8) is 0 Å². The number of H-pyrrole nitrogens is 1. The van der Waals surface area contributed by atoms with Crippen molar-refractivity contribution in [1.82, 2.24) is 29.7 Å². The summed E-state index contributed by atoms with van der Waals surface area (Å²) in [5, 5.41) is 6.29. The van der Waals surface area contributed by atoms with Crippen LogP contribution < -0.4 is 16.2 Å². The van der Waals surface area contributed by atoms with Gasteiger partial charge in [0.1, 0.15) is 18.1 Å². The van der Waals surface area contributed by atoms with Crippen LogP contribution in [0.2, 0.25) is 0 Å². The van der Waals surface area contributed by atoms with Crippen molar-refractivity contribution >= 4 is 5.95 Å². The highest BCUT2D eigenvalue weighted by atomic mass is 19.3. The minimum atomic E-state index is -2.81. The van der Waals surface area contributed by atoms with Crippen LogP contribution in [0, 0.1) is 12.7 Å². The number of alkyl halides is 2. The Balaban J connectivity index is 1.90. The van der Waals surface area contributed by atoms with Gasteiger partial charge >= 0.3 is 5.69 Å². The van der Waals surface area contributed by atoms with Crippen molar-refractivity contribution in [2.75, 3.05) is 5.73 Å². The molecule has 4 aromatic rings. The number of anilines is 1. The van der Waals surface area contributed by atoms with Gasteiger partial charge in [0.15, 0.2) is 5.82 Å². The number of hydrogen-bond acceptors (Lipinski definition) is 7. The number of benzene rings is 1. The van der Waals surface area contributed by atoms with E-state index in [9.17, 15) is 18.0 Å². The van der Waals surface area contributed by atoms with E-state index in [-0.39, 0.29) is 29.7 Å². The maximum absolute atomic E-state index is 13.5. The summed E-state index contributed by atoms with van der Waals surface area (Å²) in [7, 11) is 0. The number of aryl methyl sites for hydroxylation is 1. The van der Waals surface area contributed by atoms with Crippen LogP contribution in [0.3, 0.4) is 0 Å². The molecule has 0 fully saturated rings. The molecule has 0 amide bonds. The molecule has 0 atom stereocenters. The van der Waals surface area contributed by atoms with Gasteiger partial charge in [-0.15, -0.1) is 0 Å². The van der Waals surface area contributed by atoms with Crippen molar-refractivity contribution in [3.05, 3.63) is 69.9 Å². The van der Waals surface area contributed by atoms with Gasteiger partial charge in [-0.25, -0.2) is 28.0 Å². The van der Waals surface area contributed by atoms with Gasteiger partial charge in [0, 0.05) is 17.8 Å². The second kappa shape index (κ2) is 9.33. The first-order valence-electron chi connectivity index (χ1n) is 10.2. The monoisotopic (exact) mass is 471 g/mol. The van der Waals surface area contributed by atoms with Crippen molar-refractivity contribution < 1.29 is 17.9 Å². The fourth-order valence-corrected chi connectivity index (χ4v) is 3.51. The molecule has 0 saturated carbocycles. The van der Waals surface area contributed by atoms with E-state index in [1.165, 1.54) is 34.9 Å². The Morgan fingerprint density at radius 2 is 1.85 bits per heavy atom. The molecule has 0 aliphatic rings.